The largest absolute Gasteiger partial charge is 0.493 e. The molecule has 7 heteroatoms. The molecule has 0 aliphatic rings. The Labute approximate surface area is 150 Å². The number of rotatable bonds is 6. The highest BCUT2D eigenvalue weighted by Crippen LogP contribution is 2.35. The Morgan fingerprint density at radius 2 is 2.08 bits per heavy atom. The molecule has 24 heavy (non-hydrogen) atoms. The van der Waals surface area contributed by atoms with Crippen LogP contribution in [0.15, 0.2) is 41.5 Å². The van der Waals surface area contributed by atoms with Crippen molar-refractivity contribution in [1.82, 2.24) is 5.43 Å². The minimum atomic E-state index is -0.363. The zero-order chi connectivity index (χ0) is 17.5. The lowest BCUT2D eigenvalue weighted by Gasteiger charge is -2.11. The number of benzene rings is 2. The summed E-state index contributed by atoms with van der Waals surface area (Å²) in [6, 6.07) is 9.97. The minimum Gasteiger partial charge on any atom is -0.493 e. The van der Waals surface area contributed by atoms with Gasteiger partial charge in [0.1, 0.15) is 0 Å². The molecule has 0 aliphatic carbocycles. The van der Waals surface area contributed by atoms with Crippen LogP contribution in [0.5, 0.6) is 11.5 Å². The lowest BCUT2D eigenvalue weighted by molar-refractivity contribution is 0.0955. The van der Waals surface area contributed by atoms with Crippen molar-refractivity contribution >= 4 is 35.3 Å². The Morgan fingerprint density at radius 1 is 1.29 bits per heavy atom. The van der Waals surface area contributed by atoms with E-state index in [-0.39, 0.29) is 5.91 Å². The van der Waals surface area contributed by atoms with Crippen LogP contribution in [-0.2, 0) is 0 Å². The smallest absolute Gasteiger partial charge is 0.271 e. The van der Waals surface area contributed by atoms with Crippen LogP contribution in [-0.4, -0.2) is 25.8 Å². The van der Waals surface area contributed by atoms with E-state index < -0.39 is 0 Å². The number of nitrogens with one attached hydrogen (secondary N) is 1. The number of amides is 1. The van der Waals surface area contributed by atoms with Crippen molar-refractivity contribution in [1.29, 1.82) is 0 Å². The molecule has 2 aromatic rings. The summed E-state index contributed by atoms with van der Waals surface area (Å²) in [6.45, 7) is 2.33. The van der Waals surface area contributed by atoms with Crippen LogP contribution in [0, 0.1) is 0 Å². The first-order valence-corrected chi connectivity index (χ1v) is 7.90. The SMILES string of the molecule is CCOc1c(Cl)cc(/C=N/NC(=O)c2cccc(Cl)c2)cc1OC. The van der Waals surface area contributed by atoms with E-state index in [0.717, 1.165) is 0 Å². The zero-order valence-corrected chi connectivity index (χ0v) is 14.7. The van der Waals surface area contributed by atoms with Crippen molar-refractivity contribution in [2.45, 2.75) is 6.92 Å². The summed E-state index contributed by atoms with van der Waals surface area (Å²) in [4.78, 5) is 12.0. The van der Waals surface area contributed by atoms with Crippen molar-refractivity contribution in [2.75, 3.05) is 13.7 Å². The van der Waals surface area contributed by atoms with E-state index in [0.29, 0.717) is 39.3 Å². The molecular weight excluding hydrogens is 351 g/mol. The minimum absolute atomic E-state index is 0.363. The highest BCUT2D eigenvalue weighted by molar-refractivity contribution is 6.32. The predicted molar refractivity (Wildman–Crippen MR) is 95.7 cm³/mol. The molecule has 0 radical (unpaired) electrons. The van der Waals surface area contributed by atoms with Crippen molar-refractivity contribution in [3.05, 3.63) is 57.6 Å². The third kappa shape index (κ3) is 4.63. The van der Waals surface area contributed by atoms with Gasteiger partial charge in [0.05, 0.1) is 25.0 Å². The number of hydrazone groups is 1. The highest BCUT2D eigenvalue weighted by Gasteiger charge is 2.11. The van der Waals surface area contributed by atoms with Crippen molar-refractivity contribution < 1.29 is 14.3 Å². The third-order valence-electron chi connectivity index (χ3n) is 3.01. The van der Waals surface area contributed by atoms with Gasteiger partial charge in [0.2, 0.25) is 0 Å². The van der Waals surface area contributed by atoms with Crippen molar-refractivity contribution in [2.24, 2.45) is 5.10 Å². The van der Waals surface area contributed by atoms with Crippen LogP contribution >= 0.6 is 23.2 Å². The maximum Gasteiger partial charge on any atom is 0.271 e. The van der Waals surface area contributed by atoms with Crippen molar-refractivity contribution in [3.63, 3.8) is 0 Å². The molecule has 0 atom stereocenters. The molecule has 0 aromatic heterocycles. The Bertz CT molecular complexity index is 763. The Balaban J connectivity index is 2.11. The average molecular weight is 367 g/mol. The fourth-order valence-electron chi connectivity index (χ4n) is 1.96. The lowest BCUT2D eigenvalue weighted by atomic mass is 10.2. The normalized spacial score (nSPS) is 10.7. The van der Waals surface area contributed by atoms with E-state index in [1.54, 1.807) is 36.4 Å². The lowest BCUT2D eigenvalue weighted by Crippen LogP contribution is -2.17. The molecule has 126 valence electrons. The van der Waals surface area contributed by atoms with Gasteiger partial charge in [-0.25, -0.2) is 5.43 Å². The number of methoxy groups -OCH3 is 1. The summed E-state index contributed by atoms with van der Waals surface area (Å²) in [5.41, 5.74) is 3.51. The molecule has 0 saturated heterocycles. The van der Waals surface area contributed by atoms with Crippen LogP contribution in [0.1, 0.15) is 22.8 Å². The maximum atomic E-state index is 12.0. The van der Waals surface area contributed by atoms with Crippen molar-refractivity contribution in [3.8, 4) is 11.5 Å². The molecule has 0 fully saturated rings. The molecule has 1 N–H and O–H groups in total. The van der Waals surface area contributed by atoms with Crippen LogP contribution in [0.25, 0.3) is 0 Å². The molecule has 0 aliphatic heterocycles. The second-order valence-electron chi connectivity index (χ2n) is 4.68. The molecule has 0 heterocycles. The second-order valence-corrected chi connectivity index (χ2v) is 5.52. The first-order valence-electron chi connectivity index (χ1n) is 7.14. The molecule has 0 unspecified atom stereocenters. The topological polar surface area (TPSA) is 59.9 Å². The standard InChI is InChI=1S/C17H16Cl2N2O3/c1-3-24-16-14(19)7-11(8-15(16)23-2)10-20-21-17(22)12-5-4-6-13(18)9-12/h4-10H,3H2,1-2H3,(H,21,22)/b20-10+. The number of hydrogen-bond donors (Lipinski definition) is 1. The van der Waals surface area contributed by atoms with E-state index in [1.807, 2.05) is 6.92 Å². The molecular formula is C17H16Cl2N2O3. The first kappa shape index (κ1) is 18.1. The Kier molecular flexibility index (Phi) is 6.46. The van der Waals surface area contributed by atoms with E-state index in [4.69, 9.17) is 32.7 Å². The number of carbonyl (C=O) groups excluding carboxylic acids is 1. The van der Waals surface area contributed by atoms with Gasteiger partial charge < -0.3 is 9.47 Å². The monoisotopic (exact) mass is 366 g/mol. The van der Waals surface area contributed by atoms with Gasteiger partial charge in [-0.2, -0.15) is 5.10 Å². The summed E-state index contributed by atoms with van der Waals surface area (Å²) in [5, 5.41) is 4.80. The van der Waals surface area contributed by atoms with Crippen LogP contribution in [0.3, 0.4) is 0 Å². The number of hydrogen-bond acceptors (Lipinski definition) is 4. The Hall–Kier alpha value is -2.24. The molecule has 0 spiro atoms. The summed E-state index contributed by atoms with van der Waals surface area (Å²) in [5.74, 6) is 0.603. The van der Waals surface area contributed by atoms with Gasteiger partial charge in [-0.3, -0.25) is 4.79 Å². The van der Waals surface area contributed by atoms with Crippen LogP contribution < -0.4 is 14.9 Å². The van der Waals surface area contributed by atoms with Crippen LogP contribution in [0.4, 0.5) is 0 Å². The van der Waals surface area contributed by atoms with Crippen LogP contribution in [0.2, 0.25) is 10.0 Å². The molecule has 5 nitrogen and oxygen atoms in total. The third-order valence-corrected chi connectivity index (χ3v) is 3.52. The summed E-state index contributed by atoms with van der Waals surface area (Å²) >= 11 is 12.0. The van der Waals surface area contributed by atoms with Gasteiger partial charge in [0, 0.05) is 10.6 Å². The molecule has 1 amide bonds. The average Bonchev–Trinajstić information content (AvgIpc) is 2.57. The highest BCUT2D eigenvalue weighted by atomic mass is 35.5. The number of nitrogens with zero attached hydrogens (tertiary/aromatic N) is 1. The number of halogens is 2. The second kappa shape index (κ2) is 8.57. The predicted octanol–water partition coefficient (Wildman–Crippen LogP) is 4.16. The van der Waals surface area contributed by atoms with Gasteiger partial charge in [-0.1, -0.05) is 29.3 Å². The zero-order valence-electron chi connectivity index (χ0n) is 13.2. The molecule has 2 rings (SSSR count). The van der Waals surface area contributed by atoms with Gasteiger partial charge in [0.25, 0.3) is 5.91 Å². The van der Waals surface area contributed by atoms with Gasteiger partial charge in [0.15, 0.2) is 11.5 Å². The summed E-state index contributed by atoms with van der Waals surface area (Å²) in [7, 11) is 1.52. The number of carbonyl (C=O) groups is 1. The Morgan fingerprint density at radius 3 is 2.75 bits per heavy atom. The maximum absolute atomic E-state index is 12.0. The van der Waals surface area contributed by atoms with E-state index in [9.17, 15) is 4.79 Å². The summed E-state index contributed by atoms with van der Waals surface area (Å²) < 4.78 is 10.7. The van der Waals surface area contributed by atoms with Gasteiger partial charge in [-0.15, -0.1) is 0 Å². The number of ether oxygens (including phenoxy) is 2. The molecule has 0 bridgehead atoms. The quantitative estimate of drug-likeness (QED) is 0.616. The van der Waals surface area contributed by atoms with Gasteiger partial charge >= 0.3 is 0 Å². The van der Waals surface area contributed by atoms with E-state index in [2.05, 4.69) is 10.5 Å². The molecule has 0 saturated carbocycles. The fourth-order valence-corrected chi connectivity index (χ4v) is 2.42. The summed E-state index contributed by atoms with van der Waals surface area (Å²) in [6.07, 6.45) is 1.46. The van der Waals surface area contributed by atoms with Gasteiger partial charge in [-0.05, 0) is 42.8 Å². The molecule has 2 aromatic carbocycles. The fraction of sp³-hybridized carbons (Fsp3) is 0.176. The van der Waals surface area contributed by atoms with E-state index in [1.165, 1.54) is 13.3 Å². The first-order chi connectivity index (χ1) is 11.5. The van der Waals surface area contributed by atoms with E-state index >= 15 is 0 Å².